The molecule has 3 aromatic rings. The van der Waals surface area contributed by atoms with Crippen molar-refractivity contribution in [2.24, 2.45) is 0 Å². The smallest absolute Gasteiger partial charge is 0.343 e. The van der Waals surface area contributed by atoms with Gasteiger partial charge in [0.15, 0.2) is 5.78 Å². The van der Waals surface area contributed by atoms with Gasteiger partial charge in [-0.2, -0.15) is 0 Å². The van der Waals surface area contributed by atoms with Gasteiger partial charge in [0.2, 0.25) is 0 Å². The standard InChI is InChI=1S/C23H18O4/c1-26-20-14-11-19(12-15-20)23(25)27-22-10-6-5-9-18(22)13-16-21(24)17-7-3-2-4-8-17/h2-16H,1H3/b16-13+. The minimum Gasteiger partial charge on any atom is -0.497 e. The van der Waals surface area contributed by atoms with Crippen molar-refractivity contribution in [3.8, 4) is 11.5 Å². The zero-order valence-corrected chi connectivity index (χ0v) is 14.8. The number of para-hydroxylation sites is 1. The molecule has 0 bridgehead atoms. The Bertz CT molecular complexity index is 957. The van der Waals surface area contributed by atoms with E-state index >= 15 is 0 Å². The lowest BCUT2D eigenvalue weighted by Gasteiger charge is -2.08. The van der Waals surface area contributed by atoms with E-state index in [0.717, 1.165) is 0 Å². The molecule has 27 heavy (non-hydrogen) atoms. The van der Waals surface area contributed by atoms with Gasteiger partial charge in [0.25, 0.3) is 0 Å². The lowest BCUT2D eigenvalue weighted by Crippen LogP contribution is -2.09. The van der Waals surface area contributed by atoms with Gasteiger partial charge in [-0.25, -0.2) is 4.79 Å². The lowest BCUT2D eigenvalue weighted by molar-refractivity contribution is 0.0734. The summed E-state index contributed by atoms with van der Waals surface area (Å²) in [6.07, 6.45) is 3.11. The van der Waals surface area contributed by atoms with Crippen molar-refractivity contribution in [2.45, 2.75) is 0 Å². The van der Waals surface area contributed by atoms with Gasteiger partial charge < -0.3 is 9.47 Å². The Morgan fingerprint density at radius 1 is 0.778 bits per heavy atom. The van der Waals surface area contributed by atoms with Gasteiger partial charge >= 0.3 is 5.97 Å². The van der Waals surface area contributed by atoms with Gasteiger partial charge in [0.1, 0.15) is 11.5 Å². The first kappa shape index (κ1) is 18.1. The zero-order valence-electron chi connectivity index (χ0n) is 14.8. The number of rotatable bonds is 6. The first-order valence-electron chi connectivity index (χ1n) is 8.40. The van der Waals surface area contributed by atoms with Crippen LogP contribution in [0.4, 0.5) is 0 Å². The largest absolute Gasteiger partial charge is 0.497 e. The van der Waals surface area contributed by atoms with E-state index in [9.17, 15) is 9.59 Å². The fourth-order valence-electron chi connectivity index (χ4n) is 2.46. The third-order valence-corrected chi connectivity index (χ3v) is 3.92. The van der Waals surface area contributed by atoms with E-state index in [1.54, 1.807) is 67.8 Å². The number of ether oxygens (including phenoxy) is 2. The monoisotopic (exact) mass is 358 g/mol. The maximum atomic E-state index is 12.4. The molecule has 0 N–H and O–H groups in total. The van der Waals surface area contributed by atoms with Crippen LogP contribution in [0.15, 0.2) is 84.9 Å². The van der Waals surface area contributed by atoms with E-state index in [1.165, 1.54) is 6.08 Å². The fourth-order valence-corrected chi connectivity index (χ4v) is 2.46. The number of benzene rings is 3. The third-order valence-electron chi connectivity index (χ3n) is 3.92. The summed E-state index contributed by atoms with van der Waals surface area (Å²) >= 11 is 0. The minimum absolute atomic E-state index is 0.119. The van der Waals surface area contributed by atoms with Crippen molar-refractivity contribution in [1.29, 1.82) is 0 Å². The van der Waals surface area contributed by atoms with Gasteiger partial charge in [0, 0.05) is 11.1 Å². The predicted octanol–water partition coefficient (Wildman–Crippen LogP) is 4.81. The summed E-state index contributed by atoms with van der Waals surface area (Å²) < 4.78 is 10.6. The van der Waals surface area contributed by atoms with E-state index in [-0.39, 0.29) is 5.78 Å². The molecule has 0 amide bonds. The van der Waals surface area contributed by atoms with Gasteiger partial charge in [-0.3, -0.25) is 4.79 Å². The third kappa shape index (κ3) is 4.70. The summed E-state index contributed by atoms with van der Waals surface area (Å²) in [5, 5.41) is 0. The summed E-state index contributed by atoms with van der Waals surface area (Å²) in [6.45, 7) is 0. The van der Waals surface area contributed by atoms with E-state index in [4.69, 9.17) is 9.47 Å². The second-order valence-electron chi connectivity index (χ2n) is 5.72. The van der Waals surface area contributed by atoms with Crippen LogP contribution < -0.4 is 9.47 Å². The molecule has 0 saturated carbocycles. The van der Waals surface area contributed by atoms with Crippen LogP contribution >= 0.6 is 0 Å². The summed E-state index contributed by atoms with van der Waals surface area (Å²) in [5.41, 5.74) is 1.65. The van der Waals surface area contributed by atoms with Gasteiger partial charge in [-0.15, -0.1) is 0 Å². The molecular formula is C23H18O4. The summed E-state index contributed by atoms with van der Waals surface area (Å²) in [4.78, 5) is 24.6. The topological polar surface area (TPSA) is 52.6 Å². The molecule has 0 fully saturated rings. The van der Waals surface area contributed by atoms with Crippen LogP contribution in [-0.2, 0) is 0 Å². The zero-order chi connectivity index (χ0) is 19.1. The highest BCUT2D eigenvalue weighted by Crippen LogP contribution is 2.22. The van der Waals surface area contributed by atoms with E-state index in [0.29, 0.717) is 28.2 Å². The number of methoxy groups -OCH3 is 1. The number of esters is 1. The average Bonchev–Trinajstić information content (AvgIpc) is 2.73. The molecule has 0 heterocycles. The molecule has 0 aliphatic heterocycles. The van der Waals surface area contributed by atoms with Crippen molar-refractivity contribution in [3.63, 3.8) is 0 Å². The average molecular weight is 358 g/mol. The maximum absolute atomic E-state index is 12.4. The van der Waals surface area contributed by atoms with Crippen LogP contribution in [0.1, 0.15) is 26.3 Å². The molecule has 0 aromatic heterocycles. The maximum Gasteiger partial charge on any atom is 0.343 e. The van der Waals surface area contributed by atoms with Crippen LogP contribution in [-0.4, -0.2) is 18.9 Å². The fraction of sp³-hybridized carbons (Fsp3) is 0.0435. The van der Waals surface area contributed by atoms with Crippen molar-refractivity contribution in [3.05, 3.63) is 102 Å². The first-order valence-corrected chi connectivity index (χ1v) is 8.40. The second kappa shape index (κ2) is 8.63. The molecule has 0 aliphatic carbocycles. The molecule has 0 spiro atoms. The molecule has 134 valence electrons. The van der Waals surface area contributed by atoms with Crippen LogP contribution in [0, 0.1) is 0 Å². The molecule has 0 radical (unpaired) electrons. The van der Waals surface area contributed by atoms with E-state index in [2.05, 4.69) is 0 Å². The quantitative estimate of drug-likeness (QED) is 0.275. The van der Waals surface area contributed by atoms with Crippen LogP contribution in [0.25, 0.3) is 6.08 Å². The molecule has 0 unspecified atom stereocenters. The van der Waals surface area contributed by atoms with Crippen molar-refractivity contribution < 1.29 is 19.1 Å². The van der Waals surface area contributed by atoms with E-state index in [1.807, 2.05) is 24.3 Å². The number of ketones is 1. The highest BCUT2D eigenvalue weighted by Gasteiger charge is 2.11. The number of hydrogen-bond donors (Lipinski definition) is 0. The molecule has 4 heteroatoms. The normalized spacial score (nSPS) is 10.6. The molecule has 3 aromatic carbocycles. The molecule has 0 atom stereocenters. The highest BCUT2D eigenvalue weighted by atomic mass is 16.5. The number of allylic oxidation sites excluding steroid dienone is 1. The van der Waals surface area contributed by atoms with Gasteiger partial charge in [0.05, 0.1) is 12.7 Å². The van der Waals surface area contributed by atoms with Crippen molar-refractivity contribution in [1.82, 2.24) is 0 Å². The number of carbonyl (C=O) groups excluding carboxylic acids is 2. The number of hydrogen-bond acceptors (Lipinski definition) is 4. The predicted molar refractivity (Wildman–Crippen MR) is 104 cm³/mol. The van der Waals surface area contributed by atoms with Crippen LogP contribution in [0.5, 0.6) is 11.5 Å². The summed E-state index contributed by atoms with van der Waals surface area (Å²) in [7, 11) is 1.56. The summed E-state index contributed by atoms with van der Waals surface area (Å²) in [5.74, 6) is 0.449. The molecule has 0 aliphatic rings. The van der Waals surface area contributed by atoms with Gasteiger partial charge in [-0.05, 0) is 42.5 Å². The van der Waals surface area contributed by atoms with Crippen molar-refractivity contribution >= 4 is 17.8 Å². The summed E-state index contributed by atoms with van der Waals surface area (Å²) in [6, 6.07) is 22.7. The SMILES string of the molecule is COc1ccc(C(=O)Oc2ccccc2/C=C/C(=O)c2ccccc2)cc1. The van der Waals surface area contributed by atoms with Crippen molar-refractivity contribution in [2.75, 3.05) is 7.11 Å². The number of carbonyl (C=O) groups is 2. The first-order chi connectivity index (χ1) is 13.2. The van der Waals surface area contributed by atoms with Crippen LogP contribution in [0.3, 0.4) is 0 Å². The molecule has 0 saturated heterocycles. The molecular weight excluding hydrogens is 340 g/mol. The van der Waals surface area contributed by atoms with Crippen LogP contribution in [0.2, 0.25) is 0 Å². The second-order valence-corrected chi connectivity index (χ2v) is 5.72. The Morgan fingerprint density at radius 3 is 2.15 bits per heavy atom. The Labute approximate surface area is 157 Å². The highest BCUT2D eigenvalue weighted by molar-refractivity contribution is 6.07. The lowest BCUT2D eigenvalue weighted by atomic mass is 10.1. The minimum atomic E-state index is -0.479. The Balaban J connectivity index is 1.76. The van der Waals surface area contributed by atoms with E-state index < -0.39 is 5.97 Å². The Hall–Kier alpha value is -3.66. The van der Waals surface area contributed by atoms with Gasteiger partial charge in [-0.1, -0.05) is 48.5 Å². The Morgan fingerprint density at radius 2 is 1.44 bits per heavy atom. The molecule has 4 nitrogen and oxygen atoms in total. The molecule has 3 rings (SSSR count). The Kier molecular flexibility index (Phi) is 5.80.